The SMILES string of the molecule is [2H]c1c([2H])c([2H])c2c(sc3c([2H])c(-c4nc(-c5ccccc5)nc(-c5cccc6sc7ccccc7c56)n4)c([2H])c([2H])c32)c1-c1ccc2sc3ccccc3c2c1. The van der Waals surface area contributed by atoms with Crippen LogP contribution in [-0.2, 0) is 0 Å². The first-order valence-electron chi connectivity index (χ1n) is 19.4. The molecule has 0 spiro atoms. The maximum atomic E-state index is 9.70. The van der Waals surface area contributed by atoms with Crippen molar-refractivity contribution in [3.8, 4) is 45.3 Å². The van der Waals surface area contributed by atoms with Crippen LogP contribution in [0.2, 0.25) is 0 Å². The zero-order chi connectivity index (χ0) is 38.7. The summed E-state index contributed by atoms with van der Waals surface area (Å²) in [5.41, 5.74) is 2.81. The minimum Gasteiger partial charge on any atom is -0.208 e. The number of fused-ring (bicyclic) bond motifs is 9. The third kappa shape index (κ3) is 4.65. The van der Waals surface area contributed by atoms with Crippen molar-refractivity contribution in [2.24, 2.45) is 0 Å². The quantitative estimate of drug-likeness (QED) is 0.183. The Kier molecular flexibility index (Phi) is 5.26. The standard InChI is InChI=1S/C45H25N3S3/c1-2-10-26(11-3-1)43-46-44(48-45(47-43)34-16-9-19-39-41(34)33-13-5-7-18-37(33)50-39)28-20-22-31-32-15-8-14-29(42(32)51-40(31)25-28)27-21-23-38-35(24-27)30-12-4-6-17-36(30)49-38/h1-25H/i8D,14D,15D,20D,22D,25D. The molecule has 0 unspecified atom stereocenters. The molecule has 4 heterocycles. The van der Waals surface area contributed by atoms with E-state index >= 15 is 0 Å². The minimum absolute atomic E-state index is 0.0507. The Morgan fingerprint density at radius 2 is 1.12 bits per heavy atom. The number of hydrogen-bond donors (Lipinski definition) is 0. The second-order valence-electron chi connectivity index (χ2n) is 12.3. The van der Waals surface area contributed by atoms with E-state index in [1.165, 1.54) is 11.3 Å². The molecule has 7 aromatic carbocycles. The highest BCUT2D eigenvalue weighted by molar-refractivity contribution is 7.27. The average molecular weight is 710 g/mol. The first-order valence-corrected chi connectivity index (χ1v) is 18.8. The lowest BCUT2D eigenvalue weighted by atomic mass is 10.0. The fraction of sp³-hybridized carbons (Fsp3) is 0. The Balaban J connectivity index is 1.19. The largest absolute Gasteiger partial charge is 0.208 e. The first kappa shape index (κ1) is 23.6. The molecule has 0 saturated heterocycles. The van der Waals surface area contributed by atoms with Crippen LogP contribution < -0.4 is 0 Å². The minimum atomic E-state index is -0.265. The fourth-order valence-electron chi connectivity index (χ4n) is 6.90. The highest BCUT2D eigenvalue weighted by Crippen LogP contribution is 2.44. The predicted octanol–water partition coefficient (Wildman–Crippen LogP) is 13.6. The third-order valence-electron chi connectivity index (χ3n) is 9.26. The van der Waals surface area contributed by atoms with Gasteiger partial charge in [0.2, 0.25) is 0 Å². The van der Waals surface area contributed by atoms with Crippen LogP contribution >= 0.6 is 34.0 Å². The van der Waals surface area contributed by atoms with Crippen molar-refractivity contribution in [2.45, 2.75) is 0 Å². The van der Waals surface area contributed by atoms with Gasteiger partial charge in [-0.05, 0) is 47.5 Å². The van der Waals surface area contributed by atoms with Gasteiger partial charge in [-0.1, -0.05) is 115 Å². The van der Waals surface area contributed by atoms with Crippen LogP contribution in [0.3, 0.4) is 0 Å². The van der Waals surface area contributed by atoms with Crippen LogP contribution in [0, 0.1) is 0 Å². The summed E-state index contributed by atoms with van der Waals surface area (Å²) < 4.78 is 61.0. The van der Waals surface area contributed by atoms with Gasteiger partial charge in [-0.15, -0.1) is 34.0 Å². The molecular formula is C45H25N3S3. The van der Waals surface area contributed by atoms with Crippen molar-refractivity contribution in [1.29, 1.82) is 0 Å². The Bertz CT molecular complexity index is 3500. The van der Waals surface area contributed by atoms with E-state index in [-0.39, 0.29) is 53.0 Å². The molecule has 0 atom stereocenters. The van der Waals surface area contributed by atoms with Gasteiger partial charge < -0.3 is 0 Å². The molecule has 11 aromatic rings. The summed E-state index contributed by atoms with van der Waals surface area (Å²) >= 11 is 4.59. The molecule has 0 aliphatic carbocycles. The van der Waals surface area contributed by atoms with Crippen molar-refractivity contribution in [2.75, 3.05) is 0 Å². The molecule has 51 heavy (non-hydrogen) atoms. The zero-order valence-corrected chi connectivity index (χ0v) is 29.0. The normalized spacial score (nSPS) is 13.6. The molecule has 3 nitrogen and oxygen atoms in total. The van der Waals surface area contributed by atoms with Crippen molar-refractivity contribution in [1.82, 2.24) is 15.0 Å². The third-order valence-corrected chi connectivity index (χ3v) is 12.7. The van der Waals surface area contributed by atoms with Crippen LogP contribution in [-0.4, -0.2) is 15.0 Å². The molecule has 0 saturated carbocycles. The first-order chi connectivity index (χ1) is 27.8. The number of nitrogens with zero attached hydrogens (tertiary/aromatic N) is 3. The lowest BCUT2D eigenvalue weighted by Gasteiger charge is -2.09. The number of aromatic nitrogens is 3. The van der Waals surface area contributed by atoms with Gasteiger partial charge in [0.15, 0.2) is 17.5 Å². The molecule has 11 rings (SSSR count). The molecule has 0 aliphatic rings. The summed E-state index contributed by atoms with van der Waals surface area (Å²) in [5, 5.41) is 4.78. The summed E-state index contributed by atoms with van der Waals surface area (Å²) in [7, 11) is 0. The number of thiophene rings is 3. The maximum absolute atomic E-state index is 9.70. The van der Waals surface area contributed by atoms with E-state index in [1.807, 2.05) is 84.9 Å². The van der Waals surface area contributed by atoms with E-state index in [9.17, 15) is 4.11 Å². The van der Waals surface area contributed by atoms with Crippen molar-refractivity contribution >= 4 is 94.5 Å². The second-order valence-corrected chi connectivity index (χ2v) is 15.5. The number of hydrogen-bond acceptors (Lipinski definition) is 6. The smallest absolute Gasteiger partial charge is 0.164 e. The van der Waals surface area contributed by atoms with E-state index in [4.69, 9.17) is 19.1 Å². The van der Waals surface area contributed by atoms with E-state index < -0.39 is 0 Å². The Labute approximate surface area is 313 Å². The van der Waals surface area contributed by atoms with Crippen molar-refractivity contribution in [3.63, 3.8) is 0 Å². The van der Waals surface area contributed by atoms with E-state index in [0.717, 1.165) is 57.0 Å². The number of benzene rings is 7. The van der Waals surface area contributed by atoms with Gasteiger partial charge in [0, 0.05) is 77.2 Å². The highest BCUT2D eigenvalue weighted by Gasteiger charge is 2.18. The van der Waals surface area contributed by atoms with Crippen LogP contribution in [0.15, 0.2) is 152 Å². The lowest BCUT2D eigenvalue weighted by molar-refractivity contribution is 1.08. The van der Waals surface area contributed by atoms with Gasteiger partial charge in [-0.3, -0.25) is 0 Å². The average Bonchev–Trinajstić information content (AvgIpc) is 3.94. The van der Waals surface area contributed by atoms with E-state index in [2.05, 4.69) is 30.3 Å². The van der Waals surface area contributed by atoms with E-state index in [0.29, 0.717) is 32.0 Å². The summed E-state index contributed by atoms with van der Waals surface area (Å²) in [5.74, 6) is 0.861. The van der Waals surface area contributed by atoms with Gasteiger partial charge in [0.1, 0.15) is 0 Å². The Hall–Kier alpha value is -5.79. The summed E-state index contributed by atoms with van der Waals surface area (Å²) in [6.07, 6.45) is 0. The van der Waals surface area contributed by atoms with Gasteiger partial charge >= 0.3 is 0 Å². The van der Waals surface area contributed by atoms with Crippen LogP contribution in [0.4, 0.5) is 0 Å². The van der Waals surface area contributed by atoms with Crippen LogP contribution in [0.5, 0.6) is 0 Å². The fourth-order valence-corrected chi connectivity index (χ4v) is 10.3. The topological polar surface area (TPSA) is 38.7 Å². The molecule has 238 valence electrons. The maximum Gasteiger partial charge on any atom is 0.164 e. The van der Waals surface area contributed by atoms with Gasteiger partial charge in [-0.25, -0.2) is 15.0 Å². The summed E-state index contributed by atoms with van der Waals surface area (Å²) in [6, 6.07) is 36.9. The lowest BCUT2D eigenvalue weighted by Crippen LogP contribution is -2.00. The monoisotopic (exact) mass is 709 g/mol. The predicted molar refractivity (Wildman–Crippen MR) is 220 cm³/mol. The molecule has 0 amide bonds. The van der Waals surface area contributed by atoms with Gasteiger partial charge in [-0.2, -0.15) is 0 Å². The van der Waals surface area contributed by atoms with E-state index in [1.54, 1.807) is 22.7 Å². The van der Waals surface area contributed by atoms with Crippen molar-refractivity contribution in [3.05, 3.63) is 152 Å². The van der Waals surface area contributed by atoms with Gasteiger partial charge in [0.05, 0.1) is 8.22 Å². The molecule has 0 N–H and O–H groups in total. The molecule has 0 aliphatic heterocycles. The molecular weight excluding hydrogens is 679 g/mol. The van der Waals surface area contributed by atoms with Crippen molar-refractivity contribution < 1.29 is 8.22 Å². The Morgan fingerprint density at radius 3 is 2.00 bits per heavy atom. The summed E-state index contributed by atoms with van der Waals surface area (Å²) in [4.78, 5) is 14.8. The summed E-state index contributed by atoms with van der Waals surface area (Å²) in [6.45, 7) is 0. The number of rotatable bonds is 4. The molecule has 0 radical (unpaired) electrons. The molecule has 6 heteroatoms. The molecule has 4 aromatic heterocycles. The second kappa shape index (κ2) is 11.4. The van der Waals surface area contributed by atoms with Crippen LogP contribution in [0.1, 0.15) is 8.22 Å². The molecule has 0 bridgehead atoms. The molecule has 0 fully saturated rings. The van der Waals surface area contributed by atoms with Gasteiger partial charge in [0.25, 0.3) is 0 Å². The van der Waals surface area contributed by atoms with Crippen LogP contribution in [0.25, 0.3) is 106 Å². The zero-order valence-electron chi connectivity index (χ0n) is 32.5. The Morgan fingerprint density at radius 1 is 0.412 bits per heavy atom. The highest BCUT2D eigenvalue weighted by atomic mass is 32.1.